The topological polar surface area (TPSA) is 70.3 Å². The summed E-state index contributed by atoms with van der Waals surface area (Å²) in [6.07, 6.45) is 0.796. The maximum absolute atomic E-state index is 5.66. The van der Waals surface area contributed by atoms with Gasteiger partial charge < -0.3 is 15.2 Å². The highest BCUT2D eigenvalue weighted by Gasteiger charge is 2.03. The van der Waals surface area contributed by atoms with Gasteiger partial charge in [0, 0.05) is 19.1 Å². The van der Waals surface area contributed by atoms with E-state index in [0.29, 0.717) is 37.3 Å². The van der Waals surface area contributed by atoms with Crippen molar-refractivity contribution in [3.05, 3.63) is 24.0 Å². The van der Waals surface area contributed by atoms with E-state index in [1.807, 2.05) is 13.8 Å². The third-order valence-electron chi connectivity index (χ3n) is 1.98. The van der Waals surface area contributed by atoms with Crippen molar-refractivity contribution in [3.8, 4) is 5.88 Å². The summed E-state index contributed by atoms with van der Waals surface area (Å²) in [7, 11) is 0. The van der Waals surface area contributed by atoms with Crippen molar-refractivity contribution in [2.24, 2.45) is 0 Å². The average molecular weight is 237 g/mol. The molecule has 1 aromatic rings. The largest absolute Gasteiger partial charge is 0.477 e. The minimum Gasteiger partial charge on any atom is -0.477 e. The molecule has 0 spiro atoms. The van der Waals surface area contributed by atoms with Crippen LogP contribution in [0.3, 0.4) is 0 Å². The van der Waals surface area contributed by atoms with Crippen molar-refractivity contribution in [1.29, 1.82) is 0 Å². The van der Waals surface area contributed by atoms with Crippen molar-refractivity contribution in [2.75, 3.05) is 18.9 Å². The maximum atomic E-state index is 5.66. The van der Waals surface area contributed by atoms with Gasteiger partial charge in [-0.25, -0.2) is 4.98 Å². The van der Waals surface area contributed by atoms with Gasteiger partial charge in [0.2, 0.25) is 5.88 Å². The highest BCUT2D eigenvalue weighted by Crippen LogP contribution is 2.12. The summed E-state index contributed by atoms with van der Waals surface area (Å²) in [5, 5.41) is 0. The van der Waals surface area contributed by atoms with Gasteiger partial charge >= 0.3 is 0 Å². The summed E-state index contributed by atoms with van der Waals surface area (Å²) in [4.78, 5) is 8.26. The highest BCUT2D eigenvalue weighted by atomic mass is 16.5. The van der Waals surface area contributed by atoms with Crippen LogP contribution in [-0.2, 0) is 11.3 Å². The predicted octanol–water partition coefficient (Wildman–Crippen LogP) is 1.94. The first-order valence-corrected chi connectivity index (χ1v) is 5.60. The fourth-order valence-corrected chi connectivity index (χ4v) is 1.15. The Balaban J connectivity index is 2.58. The number of nitrogens with zero attached hydrogens (tertiary/aromatic N) is 2. The summed E-state index contributed by atoms with van der Waals surface area (Å²) in [6, 6.07) is 1.61. The molecule has 1 rings (SSSR count). The molecule has 0 aliphatic carbocycles. The molecule has 1 aromatic heterocycles. The molecule has 0 atom stereocenters. The second-order valence-electron chi connectivity index (χ2n) is 3.74. The fourth-order valence-electron chi connectivity index (χ4n) is 1.15. The molecular weight excluding hydrogens is 218 g/mol. The van der Waals surface area contributed by atoms with E-state index in [1.165, 1.54) is 0 Å². The molecule has 0 saturated heterocycles. The van der Waals surface area contributed by atoms with Gasteiger partial charge in [0.25, 0.3) is 0 Å². The average Bonchev–Trinajstić information content (AvgIpc) is 2.25. The van der Waals surface area contributed by atoms with E-state index in [0.717, 1.165) is 12.0 Å². The van der Waals surface area contributed by atoms with Crippen LogP contribution < -0.4 is 10.5 Å². The van der Waals surface area contributed by atoms with Gasteiger partial charge in [0.1, 0.15) is 12.4 Å². The first kappa shape index (κ1) is 13.4. The van der Waals surface area contributed by atoms with Crippen molar-refractivity contribution in [1.82, 2.24) is 9.97 Å². The monoisotopic (exact) mass is 237 g/mol. The van der Waals surface area contributed by atoms with Gasteiger partial charge in [-0.3, -0.25) is 0 Å². The lowest BCUT2D eigenvalue weighted by Gasteiger charge is -2.07. The van der Waals surface area contributed by atoms with Crippen LogP contribution in [0.1, 0.15) is 26.1 Å². The summed E-state index contributed by atoms with van der Waals surface area (Å²) in [6.45, 7) is 9.18. The Kier molecular flexibility index (Phi) is 5.42. The molecule has 0 aliphatic rings. The lowest BCUT2D eigenvalue weighted by Crippen LogP contribution is -2.06. The first-order chi connectivity index (χ1) is 8.11. The zero-order chi connectivity index (χ0) is 12.7. The summed E-state index contributed by atoms with van der Waals surface area (Å²) in [5.74, 6) is 1.41. The van der Waals surface area contributed by atoms with Crippen LogP contribution in [-0.4, -0.2) is 23.2 Å². The van der Waals surface area contributed by atoms with Gasteiger partial charge in [-0.05, 0) is 13.8 Å². The molecule has 5 heteroatoms. The number of aromatic nitrogens is 2. The van der Waals surface area contributed by atoms with E-state index in [1.54, 1.807) is 6.07 Å². The van der Waals surface area contributed by atoms with Crippen molar-refractivity contribution in [2.45, 2.75) is 26.9 Å². The van der Waals surface area contributed by atoms with Crippen LogP contribution in [0.2, 0.25) is 0 Å². The van der Waals surface area contributed by atoms with E-state index in [4.69, 9.17) is 15.2 Å². The minimum atomic E-state index is 0.346. The smallest absolute Gasteiger partial charge is 0.218 e. The lowest BCUT2D eigenvalue weighted by atomic mass is 10.3. The number of nitrogen functional groups attached to an aromatic ring is 1. The zero-order valence-corrected chi connectivity index (χ0v) is 10.4. The van der Waals surface area contributed by atoms with Crippen LogP contribution in [0.5, 0.6) is 5.88 Å². The Morgan fingerprint density at radius 3 is 2.88 bits per heavy atom. The second kappa shape index (κ2) is 6.85. The molecule has 0 saturated carbocycles. The molecule has 0 radical (unpaired) electrons. The molecule has 0 fully saturated rings. The molecule has 94 valence electrons. The van der Waals surface area contributed by atoms with Crippen LogP contribution in [0.15, 0.2) is 18.2 Å². The van der Waals surface area contributed by atoms with Crippen LogP contribution in [0.25, 0.3) is 0 Å². The van der Waals surface area contributed by atoms with Crippen molar-refractivity contribution < 1.29 is 9.47 Å². The number of rotatable bonds is 7. The number of anilines is 1. The number of hydrogen-bond donors (Lipinski definition) is 1. The first-order valence-electron chi connectivity index (χ1n) is 5.60. The molecule has 0 unspecified atom stereocenters. The van der Waals surface area contributed by atoms with Crippen molar-refractivity contribution in [3.63, 3.8) is 0 Å². The van der Waals surface area contributed by atoms with Crippen LogP contribution in [0.4, 0.5) is 5.82 Å². The van der Waals surface area contributed by atoms with Crippen LogP contribution >= 0.6 is 0 Å². The van der Waals surface area contributed by atoms with E-state index >= 15 is 0 Å². The van der Waals surface area contributed by atoms with Gasteiger partial charge in [-0.1, -0.05) is 5.57 Å². The molecule has 1 heterocycles. The third-order valence-corrected chi connectivity index (χ3v) is 1.98. The van der Waals surface area contributed by atoms with Gasteiger partial charge in [0.05, 0.1) is 6.61 Å². The summed E-state index contributed by atoms with van der Waals surface area (Å²) in [5.41, 5.74) is 6.73. The number of ether oxygens (including phenoxy) is 2. The van der Waals surface area contributed by atoms with E-state index in [-0.39, 0.29) is 0 Å². The second-order valence-corrected chi connectivity index (χ2v) is 3.74. The van der Waals surface area contributed by atoms with Crippen LogP contribution in [0, 0.1) is 0 Å². The quantitative estimate of drug-likeness (QED) is 0.734. The Bertz CT molecular complexity index is 380. The molecule has 0 aromatic carbocycles. The fraction of sp³-hybridized carbons (Fsp3) is 0.500. The lowest BCUT2D eigenvalue weighted by molar-refractivity contribution is 0.127. The predicted molar refractivity (Wildman–Crippen MR) is 66.7 cm³/mol. The summed E-state index contributed by atoms with van der Waals surface area (Å²) < 4.78 is 10.7. The van der Waals surface area contributed by atoms with Gasteiger partial charge in [-0.15, -0.1) is 6.58 Å². The Labute approximate surface area is 102 Å². The Morgan fingerprint density at radius 2 is 2.24 bits per heavy atom. The number of nitrogens with two attached hydrogens (primary N) is 1. The highest BCUT2D eigenvalue weighted by molar-refractivity contribution is 5.32. The van der Waals surface area contributed by atoms with Crippen molar-refractivity contribution >= 4 is 5.82 Å². The molecule has 0 bridgehead atoms. The third kappa shape index (κ3) is 5.31. The standard InChI is InChI=1S/C12H19N3O2/c1-4-16-8-11-14-10(13)7-12(15-11)17-6-5-9(2)3/h7H,2,4-6,8H2,1,3H3,(H2,13,14,15). The van der Waals surface area contributed by atoms with E-state index < -0.39 is 0 Å². The van der Waals surface area contributed by atoms with Gasteiger partial charge in [0.15, 0.2) is 5.82 Å². The maximum Gasteiger partial charge on any atom is 0.218 e. The minimum absolute atomic E-state index is 0.346. The molecular formula is C12H19N3O2. The Morgan fingerprint density at radius 1 is 1.47 bits per heavy atom. The normalized spacial score (nSPS) is 10.2. The van der Waals surface area contributed by atoms with E-state index in [2.05, 4.69) is 16.5 Å². The number of hydrogen-bond acceptors (Lipinski definition) is 5. The van der Waals surface area contributed by atoms with E-state index in [9.17, 15) is 0 Å². The summed E-state index contributed by atoms with van der Waals surface area (Å²) >= 11 is 0. The SMILES string of the molecule is C=C(C)CCOc1cc(N)nc(COCC)n1. The molecule has 5 nitrogen and oxygen atoms in total. The molecule has 0 amide bonds. The zero-order valence-electron chi connectivity index (χ0n) is 10.4. The molecule has 17 heavy (non-hydrogen) atoms. The van der Waals surface area contributed by atoms with Gasteiger partial charge in [-0.2, -0.15) is 4.98 Å². The Hall–Kier alpha value is -1.62. The molecule has 0 aliphatic heterocycles. The molecule has 2 N–H and O–H groups in total.